The maximum Gasteiger partial charge on any atom is 0.206 e. The first kappa shape index (κ1) is 12.9. The summed E-state index contributed by atoms with van der Waals surface area (Å²) < 4.78 is 24.7. The van der Waals surface area contributed by atoms with Crippen LogP contribution in [0.25, 0.3) is 0 Å². The van der Waals surface area contributed by atoms with E-state index in [1.54, 1.807) is 31.2 Å². The largest absolute Gasteiger partial charge is 0.399 e. The lowest BCUT2D eigenvalue weighted by Gasteiger charge is -2.07. The molecule has 0 spiro atoms. The van der Waals surface area contributed by atoms with E-state index in [4.69, 9.17) is 17.3 Å². The third-order valence-corrected chi connectivity index (χ3v) is 4.64. The lowest BCUT2D eigenvalue weighted by Crippen LogP contribution is -2.03. The summed E-state index contributed by atoms with van der Waals surface area (Å²) in [4.78, 5) is 0.399. The summed E-state index contributed by atoms with van der Waals surface area (Å²) in [5.41, 5.74) is 6.98. The van der Waals surface area contributed by atoms with Gasteiger partial charge in [0.15, 0.2) is 0 Å². The van der Waals surface area contributed by atoms with Crippen molar-refractivity contribution >= 4 is 27.1 Å². The molecule has 0 atom stereocenters. The van der Waals surface area contributed by atoms with Gasteiger partial charge in [0.2, 0.25) is 9.84 Å². The van der Waals surface area contributed by atoms with E-state index < -0.39 is 9.84 Å². The molecular weight excluding hydrogens is 270 g/mol. The molecule has 0 aliphatic rings. The lowest BCUT2D eigenvalue weighted by molar-refractivity contribution is 0.596. The molecule has 0 bridgehead atoms. The highest BCUT2D eigenvalue weighted by molar-refractivity contribution is 7.91. The number of aryl methyl sites for hydroxylation is 1. The molecular formula is C13H12ClNO2S. The van der Waals surface area contributed by atoms with Crippen molar-refractivity contribution in [2.75, 3.05) is 5.73 Å². The van der Waals surface area contributed by atoms with Crippen molar-refractivity contribution < 1.29 is 8.42 Å². The molecule has 0 amide bonds. The molecule has 0 aliphatic carbocycles. The highest BCUT2D eigenvalue weighted by Gasteiger charge is 2.18. The van der Waals surface area contributed by atoms with Crippen LogP contribution in [0, 0.1) is 6.92 Å². The van der Waals surface area contributed by atoms with E-state index in [0.717, 1.165) is 5.56 Å². The van der Waals surface area contributed by atoms with Crippen molar-refractivity contribution in [3.63, 3.8) is 0 Å². The van der Waals surface area contributed by atoms with Crippen molar-refractivity contribution in [2.24, 2.45) is 0 Å². The zero-order valence-corrected chi connectivity index (χ0v) is 11.3. The average molecular weight is 282 g/mol. The highest BCUT2D eigenvalue weighted by atomic mass is 35.5. The maximum atomic E-state index is 12.4. The van der Waals surface area contributed by atoms with Crippen LogP contribution < -0.4 is 5.73 Å². The van der Waals surface area contributed by atoms with Crippen LogP contribution in [-0.4, -0.2) is 8.42 Å². The van der Waals surface area contributed by atoms with Crippen LogP contribution in [0.1, 0.15) is 5.56 Å². The van der Waals surface area contributed by atoms with Gasteiger partial charge in [-0.2, -0.15) is 0 Å². The topological polar surface area (TPSA) is 60.2 Å². The van der Waals surface area contributed by atoms with Crippen LogP contribution in [0.4, 0.5) is 5.69 Å². The van der Waals surface area contributed by atoms with Gasteiger partial charge in [-0.15, -0.1) is 0 Å². The number of hydrogen-bond acceptors (Lipinski definition) is 3. The summed E-state index contributed by atoms with van der Waals surface area (Å²) in [5, 5.41) is 0.392. The Bertz CT molecular complexity index is 696. The SMILES string of the molecule is Cc1cc(S(=O)(=O)c2cccc(Cl)c2)ccc1N. The van der Waals surface area contributed by atoms with Crippen LogP contribution in [0.15, 0.2) is 52.3 Å². The third-order valence-electron chi connectivity index (χ3n) is 2.66. The standard InChI is InChI=1S/C13H12ClNO2S/c1-9-7-12(5-6-13(9)15)18(16,17)11-4-2-3-10(14)8-11/h2-8H,15H2,1H3. The zero-order chi connectivity index (χ0) is 13.3. The highest BCUT2D eigenvalue weighted by Crippen LogP contribution is 2.25. The minimum atomic E-state index is -3.54. The maximum absolute atomic E-state index is 12.4. The van der Waals surface area contributed by atoms with E-state index in [-0.39, 0.29) is 9.79 Å². The van der Waals surface area contributed by atoms with Crippen molar-refractivity contribution in [3.05, 3.63) is 53.1 Å². The van der Waals surface area contributed by atoms with Crippen LogP contribution in [0.2, 0.25) is 5.02 Å². The Balaban J connectivity index is 2.58. The summed E-state index contributed by atoms with van der Waals surface area (Å²) in [6.07, 6.45) is 0. The van der Waals surface area contributed by atoms with Gasteiger partial charge in [-0.05, 0) is 48.9 Å². The quantitative estimate of drug-likeness (QED) is 0.861. The van der Waals surface area contributed by atoms with E-state index in [1.165, 1.54) is 18.2 Å². The Kier molecular flexibility index (Phi) is 3.32. The number of hydrogen-bond donors (Lipinski definition) is 1. The van der Waals surface area contributed by atoms with Gasteiger partial charge >= 0.3 is 0 Å². The number of rotatable bonds is 2. The van der Waals surface area contributed by atoms with Crippen molar-refractivity contribution in [2.45, 2.75) is 16.7 Å². The second-order valence-corrected chi connectivity index (χ2v) is 6.37. The molecule has 0 radical (unpaired) electrons. The molecule has 0 saturated heterocycles. The van der Waals surface area contributed by atoms with Gasteiger partial charge in [-0.25, -0.2) is 8.42 Å². The van der Waals surface area contributed by atoms with Gasteiger partial charge < -0.3 is 5.73 Å². The minimum absolute atomic E-state index is 0.180. The van der Waals surface area contributed by atoms with Crippen molar-refractivity contribution in [3.8, 4) is 0 Å². The molecule has 2 aromatic rings. The smallest absolute Gasteiger partial charge is 0.206 e. The number of halogens is 1. The van der Waals surface area contributed by atoms with Crippen LogP contribution >= 0.6 is 11.6 Å². The first-order chi connectivity index (χ1) is 8.41. The number of nitrogen functional groups attached to an aromatic ring is 1. The minimum Gasteiger partial charge on any atom is -0.399 e. The van der Waals surface area contributed by atoms with E-state index in [0.29, 0.717) is 10.7 Å². The molecule has 3 nitrogen and oxygen atoms in total. The molecule has 0 fully saturated rings. The molecule has 0 saturated carbocycles. The van der Waals surface area contributed by atoms with Crippen LogP contribution in [-0.2, 0) is 9.84 Å². The normalized spacial score (nSPS) is 11.4. The molecule has 0 aliphatic heterocycles. The second kappa shape index (κ2) is 4.63. The summed E-state index contributed by atoms with van der Waals surface area (Å²) in [5.74, 6) is 0. The molecule has 2 rings (SSSR count). The van der Waals surface area contributed by atoms with Gasteiger partial charge in [-0.3, -0.25) is 0 Å². The Hall–Kier alpha value is -1.52. The Morgan fingerprint density at radius 1 is 1.06 bits per heavy atom. The molecule has 2 N–H and O–H groups in total. The summed E-state index contributed by atoms with van der Waals surface area (Å²) in [6, 6.07) is 10.8. The van der Waals surface area contributed by atoms with Crippen LogP contribution in [0.3, 0.4) is 0 Å². The third kappa shape index (κ3) is 2.35. The predicted octanol–water partition coefficient (Wildman–Crippen LogP) is 3.06. The average Bonchev–Trinajstić information content (AvgIpc) is 2.32. The van der Waals surface area contributed by atoms with E-state index >= 15 is 0 Å². The van der Waals surface area contributed by atoms with Crippen molar-refractivity contribution in [1.29, 1.82) is 0 Å². The molecule has 18 heavy (non-hydrogen) atoms. The molecule has 2 aromatic carbocycles. The van der Waals surface area contributed by atoms with Gasteiger partial charge in [0.05, 0.1) is 9.79 Å². The van der Waals surface area contributed by atoms with Gasteiger partial charge in [0.25, 0.3) is 0 Å². The fourth-order valence-corrected chi connectivity index (χ4v) is 3.23. The Labute approximate surface area is 111 Å². The van der Waals surface area contributed by atoms with E-state index in [9.17, 15) is 8.42 Å². The van der Waals surface area contributed by atoms with E-state index in [1.807, 2.05) is 0 Å². The molecule has 0 unspecified atom stereocenters. The lowest BCUT2D eigenvalue weighted by atomic mass is 10.2. The van der Waals surface area contributed by atoms with Gasteiger partial charge in [0, 0.05) is 10.7 Å². The second-order valence-electron chi connectivity index (χ2n) is 3.98. The Morgan fingerprint density at radius 3 is 2.33 bits per heavy atom. The summed E-state index contributed by atoms with van der Waals surface area (Å²) in [6.45, 7) is 1.77. The first-order valence-corrected chi connectivity index (χ1v) is 7.14. The molecule has 94 valence electrons. The van der Waals surface area contributed by atoms with Gasteiger partial charge in [-0.1, -0.05) is 17.7 Å². The Morgan fingerprint density at radius 2 is 1.72 bits per heavy atom. The first-order valence-electron chi connectivity index (χ1n) is 5.28. The number of benzene rings is 2. The zero-order valence-electron chi connectivity index (χ0n) is 9.72. The summed E-state index contributed by atoms with van der Waals surface area (Å²) in [7, 11) is -3.54. The molecule has 0 heterocycles. The number of anilines is 1. The molecule has 0 aromatic heterocycles. The van der Waals surface area contributed by atoms with Crippen molar-refractivity contribution in [1.82, 2.24) is 0 Å². The number of sulfone groups is 1. The monoisotopic (exact) mass is 281 g/mol. The fourth-order valence-electron chi connectivity index (χ4n) is 1.59. The van der Waals surface area contributed by atoms with Gasteiger partial charge in [0.1, 0.15) is 0 Å². The molecule has 5 heteroatoms. The fraction of sp³-hybridized carbons (Fsp3) is 0.0769. The number of nitrogens with two attached hydrogens (primary N) is 1. The van der Waals surface area contributed by atoms with E-state index in [2.05, 4.69) is 0 Å². The predicted molar refractivity (Wildman–Crippen MR) is 72.5 cm³/mol. The summed E-state index contributed by atoms with van der Waals surface area (Å²) >= 11 is 5.81. The van der Waals surface area contributed by atoms with Crippen LogP contribution in [0.5, 0.6) is 0 Å².